The van der Waals surface area contributed by atoms with Gasteiger partial charge in [0.25, 0.3) is 5.91 Å². The average molecular weight is 451 g/mol. The second kappa shape index (κ2) is 10.1. The van der Waals surface area contributed by atoms with Gasteiger partial charge >= 0.3 is 6.03 Å². The average Bonchev–Trinajstić information content (AvgIpc) is 2.85. The Balaban J connectivity index is 1.34. The zero-order chi connectivity index (χ0) is 23.4. The summed E-state index contributed by atoms with van der Waals surface area (Å²) in [5.41, 5.74) is 3.38. The second-order valence-corrected chi connectivity index (χ2v) is 9.08. The molecule has 7 nitrogen and oxygen atoms in total. The van der Waals surface area contributed by atoms with Crippen molar-refractivity contribution in [2.75, 3.05) is 56.6 Å². The maximum atomic E-state index is 12.9. The molecule has 3 amide bonds. The Morgan fingerprint density at radius 2 is 1.64 bits per heavy atom. The van der Waals surface area contributed by atoms with Crippen LogP contribution in [0.25, 0.3) is 0 Å². The number of hydrogen-bond acceptors (Lipinski definition) is 4. The molecule has 0 atom stereocenters. The fourth-order valence-corrected chi connectivity index (χ4v) is 4.57. The summed E-state index contributed by atoms with van der Waals surface area (Å²) in [7, 11) is 1.68. The predicted octanol–water partition coefficient (Wildman–Crippen LogP) is 4.23. The van der Waals surface area contributed by atoms with E-state index < -0.39 is 0 Å². The van der Waals surface area contributed by atoms with Gasteiger partial charge in [-0.2, -0.15) is 0 Å². The number of para-hydroxylation sites is 2. The summed E-state index contributed by atoms with van der Waals surface area (Å²) in [4.78, 5) is 31.7. The van der Waals surface area contributed by atoms with Crippen LogP contribution >= 0.6 is 0 Å². The molecule has 2 heterocycles. The number of ether oxygens (including phenoxy) is 1. The molecular weight excluding hydrogens is 416 g/mol. The van der Waals surface area contributed by atoms with Gasteiger partial charge in [0.15, 0.2) is 0 Å². The molecule has 2 aromatic carbocycles. The summed E-state index contributed by atoms with van der Waals surface area (Å²) >= 11 is 0. The van der Waals surface area contributed by atoms with E-state index in [0.29, 0.717) is 24.6 Å². The Hall–Kier alpha value is -3.22. The lowest BCUT2D eigenvalue weighted by molar-refractivity contribution is 0.0697. The number of benzene rings is 2. The van der Waals surface area contributed by atoms with Gasteiger partial charge in [-0.3, -0.25) is 4.79 Å². The lowest BCUT2D eigenvalue weighted by Gasteiger charge is -2.36. The third kappa shape index (κ3) is 5.24. The number of methoxy groups -OCH3 is 1. The Morgan fingerprint density at radius 1 is 0.939 bits per heavy atom. The summed E-state index contributed by atoms with van der Waals surface area (Å²) in [6, 6.07) is 13.4. The Morgan fingerprint density at radius 3 is 2.30 bits per heavy atom. The molecule has 2 aliphatic heterocycles. The van der Waals surface area contributed by atoms with E-state index in [1.807, 2.05) is 59.2 Å². The maximum Gasteiger partial charge on any atom is 0.321 e. The highest BCUT2D eigenvalue weighted by molar-refractivity contribution is 5.96. The molecule has 0 spiro atoms. The summed E-state index contributed by atoms with van der Waals surface area (Å²) in [5.74, 6) is 1.61. The van der Waals surface area contributed by atoms with Crippen LogP contribution in [0.3, 0.4) is 0 Å². The summed E-state index contributed by atoms with van der Waals surface area (Å²) < 4.78 is 5.47. The third-order valence-corrected chi connectivity index (χ3v) is 6.78. The fourth-order valence-electron chi connectivity index (χ4n) is 4.57. The van der Waals surface area contributed by atoms with Gasteiger partial charge in [-0.25, -0.2) is 4.79 Å². The molecule has 176 valence electrons. The van der Waals surface area contributed by atoms with Crippen molar-refractivity contribution in [2.45, 2.75) is 26.7 Å². The number of carbonyl (C=O) groups is 2. The minimum atomic E-state index is -0.109. The molecule has 0 saturated carbocycles. The van der Waals surface area contributed by atoms with Crippen LogP contribution in [0.4, 0.5) is 16.2 Å². The van der Waals surface area contributed by atoms with Gasteiger partial charge in [-0.15, -0.1) is 0 Å². The van der Waals surface area contributed by atoms with Crippen LogP contribution in [0.1, 0.15) is 35.7 Å². The van der Waals surface area contributed by atoms with Gasteiger partial charge < -0.3 is 24.8 Å². The molecule has 2 saturated heterocycles. The Labute approximate surface area is 196 Å². The Kier molecular flexibility index (Phi) is 7.06. The van der Waals surface area contributed by atoms with E-state index in [1.165, 1.54) is 0 Å². The van der Waals surface area contributed by atoms with E-state index in [0.717, 1.165) is 61.7 Å². The van der Waals surface area contributed by atoms with E-state index in [-0.39, 0.29) is 11.9 Å². The van der Waals surface area contributed by atoms with Crippen molar-refractivity contribution in [2.24, 2.45) is 5.92 Å². The van der Waals surface area contributed by atoms with Gasteiger partial charge in [0.2, 0.25) is 0 Å². The number of nitrogens with zero attached hydrogens (tertiary/aromatic N) is 3. The van der Waals surface area contributed by atoms with Crippen molar-refractivity contribution in [1.29, 1.82) is 0 Å². The molecule has 33 heavy (non-hydrogen) atoms. The number of anilines is 2. The van der Waals surface area contributed by atoms with E-state index in [4.69, 9.17) is 4.74 Å². The highest BCUT2D eigenvalue weighted by atomic mass is 16.5. The SMILES string of the molecule is COc1ccccc1N1CCN(C(=O)Nc2ccc(C(=O)N3CCC(C)CC3)cc2C)CC1. The van der Waals surface area contributed by atoms with Crippen molar-refractivity contribution >= 4 is 23.3 Å². The number of piperazine rings is 1. The first-order valence-electron chi connectivity index (χ1n) is 11.8. The highest BCUT2D eigenvalue weighted by Gasteiger charge is 2.24. The molecule has 2 aliphatic rings. The molecule has 0 bridgehead atoms. The fraction of sp³-hybridized carbons (Fsp3) is 0.462. The molecular formula is C26H34N4O3. The van der Waals surface area contributed by atoms with Gasteiger partial charge in [0.1, 0.15) is 5.75 Å². The summed E-state index contributed by atoms with van der Waals surface area (Å²) in [6.45, 7) is 8.56. The van der Waals surface area contributed by atoms with Crippen molar-refractivity contribution in [3.8, 4) is 5.75 Å². The van der Waals surface area contributed by atoms with E-state index in [2.05, 4.69) is 17.1 Å². The topological polar surface area (TPSA) is 65.1 Å². The zero-order valence-corrected chi connectivity index (χ0v) is 19.8. The van der Waals surface area contributed by atoms with Gasteiger partial charge in [0, 0.05) is 50.5 Å². The first-order chi connectivity index (χ1) is 16.0. The number of hydrogen-bond donors (Lipinski definition) is 1. The van der Waals surface area contributed by atoms with Crippen molar-refractivity contribution in [3.63, 3.8) is 0 Å². The van der Waals surface area contributed by atoms with Crippen LogP contribution in [-0.2, 0) is 0 Å². The summed E-state index contributed by atoms with van der Waals surface area (Å²) in [6.07, 6.45) is 2.12. The standard InChI is InChI=1S/C26H34N4O3/c1-19-10-12-29(13-11-19)25(31)21-8-9-22(20(2)18-21)27-26(32)30-16-14-28(15-17-30)23-6-4-5-7-24(23)33-3/h4-9,18-19H,10-17H2,1-3H3,(H,27,32). The smallest absolute Gasteiger partial charge is 0.321 e. The summed E-state index contributed by atoms with van der Waals surface area (Å²) in [5, 5.41) is 3.03. The third-order valence-electron chi connectivity index (χ3n) is 6.78. The number of aryl methyl sites for hydroxylation is 1. The number of rotatable bonds is 4. The zero-order valence-electron chi connectivity index (χ0n) is 19.8. The highest BCUT2D eigenvalue weighted by Crippen LogP contribution is 2.28. The molecule has 2 fully saturated rings. The number of piperidine rings is 1. The van der Waals surface area contributed by atoms with Gasteiger partial charge in [0.05, 0.1) is 12.8 Å². The molecule has 0 radical (unpaired) electrons. The number of urea groups is 1. The number of nitrogens with one attached hydrogen (secondary N) is 1. The monoisotopic (exact) mass is 450 g/mol. The molecule has 0 aliphatic carbocycles. The molecule has 7 heteroatoms. The molecule has 2 aromatic rings. The van der Waals surface area contributed by atoms with Gasteiger partial charge in [-0.05, 0) is 61.6 Å². The molecule has 1 N–H and O–H groups in total. The van der Waals surface area contributed by atoms with E-state index in [9.17, 15) is 9.59 Å². The lowest BCUT2D eigenvalue weighted by atomic mass is 9.98. The maximum absolute atomic E-state index is 12.9. The Bertz CT molecular complexity index is 993. The largest absolute Gasteiger partial charge is 0.495 e. The number of amides is 3. The van der Waals surface area contributed by atoms with E-state index >= 15 is 0 Å². The van der Waals surface area contributed by atoms with E-state index in [1.54, 1.807) is 7.11 Å². The molecule has 0 unspecified atom stereocenters. The van der Waals surface area contributed by atoms with Crippen molar-refractivity contribution in [3.05, 3.63) is 53.6 Å². The second-order valence-electron chi connectivity index (χ2n) is 9.08. The van der Waals surface area contributed by atoms with Gasteiger partial charge in [-0.1, -0.05) is 19.1 Å². The first-order valence-corrected chi connectivity index (χ1v) is 11.8. The predicted molar refractivity (Wildman–Crippen MR) is 131 cm³/mol. The quantitative estimate of drug-likeness (QED) is 0.757. The van der Waals surface area contributed by atoms with Crippen LogP contribution < -0.4 is 15.0 Å². The van der Waals surface area contributed by atoms with Crippen LogP contribution in [0.5, 0.6) is 5.75 Å². The van der Waals surface area contributed by atoms with Crippen molar-refractivity contribution < 1.29 is 14.3 Å². The first kappa shape index (κ1) is 23.0. The van der Waals surface area contributed by atoms with Crippen LogP contribution in [0.2, 0.25) is 0 Å². The number of carbonyl (C=O) groups excluding carboxylic acids is 2. The van der Waals surface area contributed by atoms with Crippen molar-refractivity contribution in [1.82, 2.24) is 9.80 Å². The molecule has 0 aromatic heterocycles. The normalized spacial score (nSPS) is 17.1. The van der Waals surface area contributed by atoms with Crippen LogP contribution in [-0.4, -0.2) is 68.1 Å². The minimum absolute atomic E-state index is 0.0790. The van der Waals surface area contributed by atoms with Crippen LogP contribution in [0.15, 0.2) is 42.5 Å². The minimum Gasteiger partial charge on any atom is -0.495 e. The molecule has 4 rings (SSSR count). The lowest BCUT2D eigenvalue weighted by Crippen LogP contribution is -2.50. The van der Waals surface area contributed by atoms with Crippen LogP contribution in [0, 0.1) is 12.8 Å². The number of likely N-dealkylation sites (tertiary alicyclic amines) is 1.